The van der Waals surface area contributed by atoms with Gasteiger partial charge < -0.3 is 0 Å². The number of aryl methyl sites for hydroxylation is 1. The Morgan fingerprint density at radius 1 is 0.957 bits per heavy atom. The van der Waals surface area contributed by atoms with Crippen molar-refractivity contribution in [1.29, 1.82) is 0 Å². The first-order valence-corrected chi connectivity index (χ1v) is 7.92. The van der Waals surface area contributed by atoms with Crippen LogP contribution in [-0.2, 0) is 6.54 Å². The maximum absolute atomic E-state index is 6.52. The highest BCUT2D eigenvalue weighted by molar-refractivity contribution is 6.39. The Balaban J connectivity index is 2.05. The minimum atomic E-state index is 0.423. The van der Waals surface area contributed by atoms with Crippen molar-refractivity contribution in [3.05, 3.63) is 75.3 Å². The van der Waals surface area contributed by atoms with E-state index in [1.807, 2.05) is 54.0 Å². The van der Waals surface area contributed by atoms with Gasteiger partial charge in [0.25, 0.3) is 0 Å². The summed E-state index contributed by atoms with van der Waals surface area (Å²) in [5, 5.41) is 9.66. The van der Waals surface area contributed by atoms with Crippen LogP contribution in [0, 0.1) is 6.92 Å². The fourth-order valence-corrected chi connectivity index (χ4v) is 3.34. The van der Waals surface area contributed by atoms with Gasteiger partial charge in [0.2, 0.25) is 0 Å². The van der Waals surface area contributed by atoms with Crippen molar-refractivity contribution in [1.82, 2.24) is 14.8 Å². The molecule has 4 rings (SSSR count). The molecule has 0 aliphatic carbocycles. The summed E-state index contributed by atoms with van der Waals surface area (Å²) >= 11 is 12.9. The van der Waals surface area contributed by atoms with Gasteiger partial charge in [-0.3, -0.25) is 9.56 Å². The molecule has 114 valence electrons. The molecule has 0 fully saturated rings. The number of aliphatic imine (C=N–C) groups is 1. The Morgan fingerprint density at radius 3 is 2.57 bits per heavy atom. The van der Waals surface area contributed by atoms with Crippen molar-refractivity contribution in [2.24, 2.45) is 4.99 Å². The van der Waals surface area contributed by atoms with E-state index in [0.717, 1.165) is 34.2 Å². The minimum Gasteiger partial charge on any atom is -0.281 e. The maximum atomic E-state index is 6.52. The zero-order valence-electron chi connectivity index (χ0n) is 12.3. The Bertz CT molecular complexity index is 944. The largest absolute Gasteiger partial charge is 0.281 e. The van der Waals surface area contributed by atoms with E-state index in [2.05, 4.69) is 10.2 Å². The molecule has 3 aromatic rings. The molecule has 0 spiro atoms. The highest BCUT2D eigenvalue weighted by Crippen LogP contribution is 2.32. The van der Waals surface area contributed by atoms with Gasteiger partial charge in [0.05, 0.1) is 16.4 Å². The molecule has 6 heteroatoms. The third-order valence-electron chi connectivity index (χ3n) is 3.87. The van der Waals surface area contributed by atoms with Gasteiger partial charge in [-0.15, -0.1) is 10.2 Å². The number of aromatic nitrogens is 3. The zero-order chi connectivity index (χ0) is 16.0. The Hall–Kier alpha value is -2.17. The molecule has 2 aromatic carbocycles. The summed E-state index contributed by atoms with van der Waals surface area (Å²) in [6.07, 6.45) is 0. The number of fused-ring (bicyclic) bond motifs is 3. The first-order valence-electron chi connectivity index (χ1n) is 7.16. The molecular weight excluding hydrogens is 331 g/mol. The van der Waals surface area contributed by atoms with E-state index in [4.69, 9.17) is 28.2 Å². The SMILES string of the molecule is Cc1nnc2n1-c1cccc(Cl)c1C(c1ccccc1Cl)=NC2. The van der Waals surface area contributed by atoms with Crippen LogP contribution in [0.15, 0.2) is 47.5 Å². The summed E-state index contributed by atoms with van der Waals surface area (Å²) < 4.78 is 1.99. The Kier molecular flexibility index (Phi) is 3.43. The molecule has 0 saturated carbocycles. The van der Waals surface area contributed by atoms with E-state index in [9.17, 15) is 0 Å². The van der Waals surface area contributed by atoms with Crippen molar-refractivity contribution in [3.8, 4) is 5.69 Å². The van der Waals surface area contributed by atoms with E-state index < -0.39 is 0 Å². The van der Waals surface area contributed by atoms with Gasteiger partial charge in [0.15, 0.2) is 5.82 Å². The smallest absolute Gasteiger partial charge is 0.159 e. The van der Waals surface area contributed by atoms with Crippen LogP contribution in [-0.4, -0.2) is 20.5 Å². The maximum Gasteiger partial charge on any atom is 0.159 e. The van der Waals surface area contributed by atoms with Crippen LogP contribution in [0.2, 0.25) is 10.0 Å². The fourth-order valence-electron chi connectivity index (χ4n) is 2.86. The van der Waals surface area contributed by atoms with E-state index in [-0.39, 0.29) is 0 Å². The van der Waals surface area contributed by atoms with E-state index >= 15 is 0 Å². The fraction of sp³-hybridized carbons (Fsp3) is 0.118. The average Bonchev–Trinajstić information content (AvgIpc) is 2.82. The summed E-state index contributed by atoms with van der Waals surface area (Å²) in [7, 11) is 0. The van der Waals surface area contributed by atoms with Crippen molar-refractivity contribution in [3.63, 3.8) is 0 Å². The summed E-state index contributed by atoms with van der Waals surface area (Å²) in [5.74, 6) is 1.59. The lowest BCUT2D eigenvalue weighted by Crippen LogP contribution is -2.09. The van der Waals surface area contributed by atoms with Crippen molar-refractivity contribution < 1.29 is 0 Å². The highest BCUT2D eigenvalue weighted by atomic mass is 35.5. The van der Waals surface area contributed by atoms with Gasteiger partial charge in [-0.05, 0) is 25.1 Å². The quantitative estimate of drug-likeness (QED) is 0.663. The molecule has 0 atom stereocenters. The van der Waals surface area contributed by atoms with Crippen LogP contribution in [0.25, 0.3) is 5.69 Å². The number of rotatable bonds is 1. The monoisotopic (exact) mass is 342 g/mol. The second kappa shape index (κ2) is 5.48. The van der Waals surface area contributed by atoms with Gasteiger partial charge >= 0.3 is 0 Å². The van der Waals surface area contributed by atoms with Gasteiger partial charge in [-0.2, -0.15) is 0 Å². The molecular formula is C17H12Cl2N4. The molecule has 0 radical (unpaired) electrons. The zero-order valence-corrected chi connectivity index (χ0v) is 13.8. The number of nitrogens with zero attached hydrogens (tertiary/aromatic N) is 4. The van der Waals surface area contributed by atoms with Gasteiger partial charge in [-0.1, -0.05) is 47.5 Å². The normalized spacial score (nSPS) is 13.1. The predicted molar refractivity (Wildman–Crippen MR) is 91.9 cm³/mol. The molecule has 1 aliphatic rings. The summed E-state index contributed by atoms with van der Waals surface area (Å²) in [6.45, 7) is 2.34. The lowest BCUT2D eigenvalue weighted by Gasteiger charge is -2.14. The van der Waals surface area contributed by atoms with E-state index in [0.29, 0.717) is 16.6 Å². The lowest BCUT2D eigenvalue weighted by molar-refractivity contribution is 0.862. The molecule has 4 nitrogen and oxygen atoms in total. The van der Waals surface area contributed by atoms with E-state index in [1.165, 1.54) is 0 Å². The number of benzene rings is 2. The Labute approximate surface area is 143 Å². The van der Waals surface area contributed by atoms with Gasteiger partial charge in [0, 0.05) is 16.1 Å². The van der Waals surface area contributed by atoms with Crippen molar-refractivity contribution in [2.75, 3.05) is 0 Å². The highest BCUT2D eigenvalue weighted by Gasteiger charge is 2.24. The second-order valence-electron chi connectivity index (χ2n) is 5.28. The average molecular weight is 343 g/mol. The first-order chi connectivity index (χ1) is 11.2. The van der Waals surface area contributed by atoms with Gasteiger partial charge in [0.1, 0.15) is 12.4 Å². The molecule has 0 N–H and O–H groups in total. The van der Waals surface area contributed by atoms with Crippen molar-refractivity contribution in [2.45, 2.75) is 13.5 Å². The second-order valence-corrected chi connectivity index (χ2v) is 6.09. The van der Waals surface area contributed by atoms with Crippen molar-refractivity contribution >= 4 is 28.9 Å². The number of hydrogen-bond acceptors (Lipinski definition) is 3. The molecule has 0 amide bonds. The summed E-state index contributed by atoms with van der Waals surface area (Å²) in [5.41, 5.74) is 3.41. The standard InChI is InChI=1S/C17H12Cl2N4/c1-10-21-22-15-9-20-17(11-5-2-3-6-12(11)18)16-13(19)7-4-8-14(16)23(10)15/h2-8H,9H2,1H3. The third-order valence-corrected chi connectivity index (χ3v) is 4.51. The predicted octanol–water partition coefficient (Wildman–Crippen LogP) is 4.23. The number of hydrogen-bond donors (Lipinski definition) is 0. The topological polar surface area (TPSA) is 43.1 Å². The minimum absolute atomic E-state index is 0.423. The van der Waals surface area contributed by atoms with Crippen LogP contribution in [0.4, 0.5) is 0 Å². The van der Waals surface area contributed by atoms with Crippen LogP contribution in [0.3, 0.4) is 0 Å². The van der Waals surface area contributed by atoms with Crippen LogP contribution in [0.1, 0.15) is 22.8 Å². The molecule has 2 heterocycles. The van der Waals surface area contributed by atoms with Crippen LogP contribution in [0.5, 0.6) is 0 Å². The van der Waals surface area contributed by atoms with Gasteiger partial charge in [-0.25, -0.2) is 0 Å². The third kappa shape index (κ3) is 2.26. The molecule has 0 unspecified atom stereocenters. The Morgan fingerprint density at radius 2 is 1.74 bits per heavy atom. The lowest BCUT2D eigenvalue weighted by atomic mass is 10.00. The van der Waals surface area contributed by atoms with E-state index in [1.54, 1.807) is 0 Å². The first kappa shape index (κ1) is 14.4. The molecule has 0 saturated heterocycles. The molecule has 1 aromatic heterocycles. The molecule has 1 aliphatic heterocycles. The molecule has 23 heavy (non-hydrogen) atoms. The molecule has 0 bridgehead atoms. The summed E-state index contributed by atoms with van der Waals surface area (Å²) in [6, 6.07) is 13.4. The van der Waals surface area contributed by atoms with Crippen LogP contribution < -0.4 is 0 Å². The van der Waals surface area contributed by atoms with Crippen LogP contribution >= 0.6 is 23.2 Å². The number of halogens is 2. The summed E-state index contributed by atoms with van der Waals surface area (Å²) in [4.78, 5) is 4.74.